The second kappa shape index (κ2) is 8.90. The number of carbonyl (C=O) groups is 1. The van der Waals surface area contributed by atoms with Crippen LogP contribution in [0.1, 0.15) is 29.2 Å². The average molecular weight is 465 g/mol. The van der Waals surface area contributed by atoms with E-state index in [0.717, 1.165) is 28.8 Å². The minimum Gasteiger partial charge on any atom is -0.483 e. The number of hydrogen-bond donors (Lipinski definition) is 1. The fourth-order valence-corrected chi connectivity index (χ4v) is 5.26. The summed E-state index contributed by atoms with van der Waals surface area (Å²) in [5.74, 6) is 0.355. The van der Waals surface area contributed by atoms with Crippen LogP contribution in [0.4, 0.5) is 11.4 Å². The molecule has 7 heteroatoms. The number of para-hydroxylation sites is 1. The van der Waals surface area contributed by atoms with Crippen molar-refractivity contribution in [2.24, 2.45) is 0 Å². The van der Waals surface area contributed by atoms with Gasteiger partial charge in [0.25, 0.3) is 15.9 Å². The first-order valence-corrected chi connectivity index (χ1v) is 12.4. The molecule has 6 nitrogen and oxygen atoms in total. The average Bonchev–Trinajstić information content (AvgIpc) is 3.10. The lowest BCUT2D eigenvalue weighted by Crippen LogP contribution is -2.39. The van der Waals surface area contributed by atoms with Crippen molar-refractivity contribution in [3.63, 3.8) is 0 Å². The highest BCUT2D eigenvalue weighted by molar-refractivity contribution is 7.92. The van der Waals surface area contributed by atoms with Gasteiger partial charge < -0.3 is 9.64 Å². The minimum atomic E-state index is -3.75. The van der Waals surface area contributed by atoms with Crippen LogP contribution in [0.25, 0.3) is 0 Å². The van der Waals surface area contributed by atoms with Crippen molar-refractivity contribution in [1.29, 1.82) is 0 Å². The van der Waals surface area contributed by atoms with Gasteiger partial charge in [-0.25, -0.2) is 8.42 Å². The first kappa shape index (κ1) is 22.9. The van der Waals surface area contributed by atoms with Crippen LogP contribution in [0.3, 0.4) is 0 Å². The molecule has 0 unspecified atom stereocenters. The van der Waals surface area contributed by atoms with Crippen LogP contribution < -0.4 is 14.4 Å². The van der Waals surface area contributed by atoms with Gasteiger partial charge in [-0.2, -0.15) is 0 Å². The Bertz CT molecular complexity index is 1320. The maximum absolute atomic E-state index is 12.9. The van der Waals surface area contributed by atoms with Crippen LogP contribution in [0, 0.1) is 20.8 Å². The molecule has 1 N–H and O–H groups in total. The first-order valence-electron chi connectivity index (χ1n) is 10.9. The molecule has 0 spiro atoms. The molecule has 0 radical (unpaired) electrons. The summed E-state index contributed by atoms with van der Waals surface area (Å²) >= 11 is 0. The summed E-state index contributed by atoms with van der Waals surface area (Å²) in [5.41, 5.74) is 5.34. The predicted molar refractivity (Wildman–Crippen MR) is 130 cm³/mol. The third-order valence-corrected chi connectivity index (χ3v) is 7.42. The molecule has 0 fully saturated rings. The molecule has 33 heavy (non-hydrogen) atoms. The summed E-state index contributed by atoms with van der Waals surface area (Å²) < 4.78 is 34.1. The molecule has 0 bridgehead atoms. The SMILES string of the molecule is Cc1ccc(NS(=O)(=O)c2ccc(OCC(=O)N3c4ccccc4C[C@@H]3C)c(C)c2)cc1C. The molecule has 1 heterocycles. The monoisotopic (exact) mass is 464 g/mol. The highest BCUT2D eigenvalue weighted by Gasteiger charge is 2.30. The third-order valence-electron chi connectivity index (χ3n) is 6.04. The number of anilines is 2. The largest absolute Gasteiger partial charge is 0.483 e. The van der Waals surface area contributed by atoms with Crippen LogP contribution in [0.5, 0.6) is 5.75 Å². The summed E-state index contributed by atoms with van der Waals surface area (Å²) in [7, 11) is -3.75. The molecule has 3 aromatic carbocycles. The number of carbonyl (C=O) groups excluding carboxylic acids is 1. The minimum absolute atomic E-state index is 0.0728. The van der Waals surface area contributed by atoms with Crippen LogP contribution in [-0.4, -0.2) is 27.0 Å². The number of ether oxygens (including phenoxy) is 1. The Morgan fingerprint density at radius 3 is 2.48 bits per heavy atom. The Morgan fingerprint density at radius 2 is 1.76 bits per heavy atom. The van der Waals surface area contributed by atoms with Crippen LogP contribution >= 0.6 is 0 Å². The number of nitrogens with one attached hydrogen (secondary N) is 1. The van der Waals surface area contributed by atoms with Gasteiger partial charge in [0.15, 0.2) is 6.61 Å². The number of hydrogen-bond acceptors (Lipinski definition) is 4. The molecule has 0 aliphatic carbocycles. The lowest BCUT2D eigenvalue weighted by atomic mass is 10.1. The van der Waals surface area contributed by atoms with Crippen molar-refractivity contribution in [3.8, 4) is 5.75 Å². The fraction of sp³-hybridized carbons (Fsp3) is 0.269. The highest BCUT2D eigenvalue weighted by atomic mass is 32.2. The Morgan fingerprint density at radius 1 is 1.00 bits per heavy atom. The number of fused-ring (bicyclic) bond motifs is 1. The van der Waals surface area contributed by atoms with E-state index < -0.39 is 10.0 Å². The lowest BCUT2D eigenvalue weighted by Gasteiger charge is -2.23. The zero-order valence-corrected chi connectivity index (χ0v) is 20.1. The normalized spacial score (nSPS) is 15.3. The summed E-state index contributed by atoms with van der Waals surface area (Å²) in [6, 6.07) is 18.0. The fourth-order valence-electron chi connectivity index (χ4n) is 4.12. The van der Waals surface area contributed by atoms with E-state index in [2.05, 4.69) is 4.72 Å². The molecule has 172 valence electrons. The summed E-state index contributed by atoms with van der Waals surface area (Å²) in [6.07, 6.45) is 0.820. The molecule has 1 amide bonds. The van der Waals surface area contributed by atoms with Crippen LogP contribution in [0.15, 0.2) is 65.6 Å². The lowest BCUT2D eigenvalue weighted by molar-refractivity contribution is -0.120. The second-order valence-corrected chi connectivity index (χ2v) is 10.2. The quantitative estimate of drug-likeness (QED) is 0.570. The number of sulfonamides is 1. The molecule has 4 rings (SSSR count). The van der Waals surface area contributed by atoms with Gasteiger partial charge in [0, 0.05) is 17.4 Å². The van der Waals surface area contributed by atoms with E-state index in [0.29, 0.717) is 17.0 Å². The molecule has 0 aromatic heterocycles. The Labute approximate surface area is 195 Å². The molecule has 1 aliphatic heterocycles. The van der Waals surface area contributed by atoms with E-state index in [1.54, 1.807) is 36.1 Å². The van der Waals surface area contributed by atoms with Crippen molar-refractivity contribution in [2.45, 2.75) is 45.1 Å². The Balaban J connectivity index is 1.45. The molecular formula is C26H28N2O4S. The number of nitrogens with zero attached hydrogens (tertiary/aromatic N) is 1. The summed E-state index contributed by atoms with van der Waals surface area (Å²) in [4.78, 5) is 14.8. The number of amides is 1. The van der Waals surface area contributed by atoms with Crippen molar-refractivity contribution in [3.05, 3.63) is 82.9 Å². The summed E-state index contributed by atoms with van der Waals surface area (Å²) in [5, 5.41) is 0. The number of rotatable bonds is 6. The molecule has 1 aliphatic rings. The third kappa shape index (κ3) is 4.73. The van der Waals surface area contributed by atoms with E-state index >= 15 is 0 Å². The van der Waals surface area contributed by atoms with Gasteiger partial charge >= 0.3 is 0 Å². The van der Waals surface area contributed by atoms with Gasteiger partial charge in [-0.3, -0.25) is 9.52 Å². The molecule has 1 atom stereocenters. The predicted octanol–water partition coefficient (Wildman–Crippen LogP) is 4.77. The van der Waals surface area contributed by atoms with E-state index in [9.17, 15) is 13.2 Å². The molecule has 0 saturated carbocycles. The number of benzene rings is 3. The standard InChI is InChI=1S/C26H28N2O4S/c1-17-9-10-22(13-18(17)2)27-33(30,31)23-11-12-25(19(3)14-23)32-16-26(29)28-20(4)15-21-7-5-6-8-24(21)28/h5-14,20,27H,15-16H2,1-4H3/t20-/m0/s1. The van der Waals surface area contributed by atoms with Crippen LogP contribution in [0.2, 0.25) is 0 Å². The molecule has 3 aromatic rings. The van der Waals surface area contributed by atoms with Crippen molar-refractivity contribution < 1.29 is 17.9 Å². The number of aryl methyl sites for hydroxylation is 3. The van der Waals surface area contributed by atoms with E-state index in [1.807, 2.05) is 51.1 Å². The maximum Gasteiger partial charge on any atom is 0.265 e. The van der Waals surface area contributed by atoms with E-state index in [4.69, 9.17) is 4.74 Å². The van der Waals surface area contributed by atoms with E-state index in [1.165, 1.54) is 6.07 Å². The topological polar surface area (TPSA) is 75.7 Å². The van der Waals surface area contributed by atoms with Crippen LogP contribution in [-0.2, 0) is 21.2 Å². The smallest absolute Gasteiger partial charge is 0.265 e. The van der Waals surface area contributed by atoms with Gasteiger partial charge in [0.2, 0.25) is 0 Å². The maximum atomic E-state index is 12.9. The van der Waals surface area contributed by atoms with Gasteiger partial charge in [0.05, 0.1) is 4.90 Å². The highest BCUT2D eigenvalue weighted by Crippen LogP contribution is 2.32. The zero-order chi connectivity index (χ0) is 23.8. The first-order chi connectivity index (χ1) is 15.7. The van der Waals surface area contributed by atoms with Gasteiger partial charge in [0.1, 0.15) is 5.75 Å². The van der Waals surface area contributed by atoms with Gasteiger partial charge in [-0.05, 0) is 92.8 Å². The van der Waals surface area contributed by atoms with Crippen molar-refractivity contribution in [1.82, 2.24) is 0 Å². The van der Waals surface area contributed by atoms with Crippen molar-refractivity contribution >= 4 is 27.3 Å². The Hall–Kier alpha value is -3.32. The van der Waals surface area contributed by atoms with Gasteiger partial charge in [-0.1, -0.05) is 24.3 Å². The second-order valence-electron chi connectivity index (χ2n) is 8.57. The van der Waals surface area contributed by atoms with Crippen molar-refractivity contribution in [2.75, 3.05) is 16.2 Å². The Kier molecular flexibility index (Phi) is 6.17. The molecular weight excluding hydrogens is 436 g/mol. The van der Waals surface area contributed by atoms with E-state index in [-0.39, 0.29) is 23.5 Å². The van der Waals surface area contributed by atoms with Gasteiger partial charge in [-0.15, -0.1) is 0 Å². The summed E-state index contributed by atoms with van der Waals surface area (Å²) in [6.45, 7) is 7.58. The zero-order valence-electron chi connectivity index (χ0n) is 19.3. The molecule has 0 saturated heterocycles.